The lowest BCUT2D eigenvalue weighted by molar-refractivity contribution is 0.332. The Hall–Kier alpha value is -5.06. The Bertz CT molecular complexity index is 3440. The van der Waals surface area contributed by atoms with Crippen molar-refractivity contribution in [2.24, 2.45) is 0 Å². The standard InChI is InChI=1S/C70H85BN2S/c1-63(2,3)43-23-21-42(22-24-43)49-35-44(64(4,5)6)26-30-55(49)73-56-41-53-52(69(17,18)33-34-70(53,19)20)40-54(56)71-60-57(36-46(37-58(60)73)66(10,11)12)72(47-27-29-50-51(39-47)68(15,16)32-31-67(50,13)14)61-48-28-25-45(65(7,8)9)38-59(48)74-62(61)71/h21-30,35-41H,31-34H2,1-20H3. The minimum Gasteiger partial charge on any atom is -0.311 e. The van der Waals surface area contributed by atoms with Crippen LogP contribution in [0, 0.1) is 0 Å². The number of anilines is 6. The van der Waals surface area contributed by atoms with Gasteiger partial charge in [-0.15, -0.1) is 11.3 Å². The minimum atomic E-state index is -0.136. The smallest absolute Gasteiger partial charge is 0.264 e. The lowest BCUT2D eigenvalue weighted by Crippen LogP contribution is -2.61. The third kappa shape index (κ3) is 8.07. The predicted octanol–water partition coefficient (Wildman–Crippen LogP) is 18.5. The number of thiophene rings is 1. The summed E-state index contributed by atoms with van der Waals surface area (Å²) in [6.45, 7) is 48.3. The molecule has 11 rings (SSSR count). The minimum absolute atomic E-state index is 0.0235. The van der Waals surface area contributed by atoms with E-state index in [4.69, 9.17) is 0 Å². The second-order valence-corrected chi connectivity index (χ2v) is 31.2. The zero-order valence-corrected chi connectivity index (χ0v) is 49.8. The first-order valence-corrected chi connectivity index (χ1v) is 28.9. The quantitative estimate of drug-likeness (QED) is 0.163. The van der Waals surface area contributed by atoms with Crippen molar-refractivity contribution in [1.29, 1.82) is 0 Å². The van der Waals surface area contributed by atoms with Gasteiger partial charge in [0.1, 0.15) is 0 Å². The Morgan fingerprint density at radius 2 is 0.905 bits per heavy atom. The third-order valence-corrected chi connectivity index (χ3v) is 19.8. The fourth-order valence-electron chi connectivity index (χ4n) is 13.3. The molecule has 1 aromatic heterocycles. The summed E-state index contributed by atoms with van der Waals surface area (Å²) in [5, 5.41) is 1.35. The highest BCUT2D eigenvalue weighted by Gasteiger charge is 2.49. The normalized spacial score (nSPS) is 18.4. The number of fused-ring (bicyclic) bond motifs is 8. The molecule has 0 unspecified atom stereocenters. The molecule has 0 saturated carbocycles. The lowest BCUT2D eigenvalue weighted by Gasteiger charge is -2.48. The van der Waals surface area contributed by atoms with Crippen molar-refractivity contribution in [2.75, 3.05) is 9.80 Å². The van der Waals surface area contributed by atoms with Gasteiger partial charge < -0.3 is 9.80 Å². The van der Waals surface area contributed by atoms with Gasteiger partial charge >= 0.3 is 0 Å². The molecule has 2 aliphatic carbocycles. The number of hydrogen-bond acceptors (Lipinski definition) is 3. The van der Waals surface area contributed by atoms with E-state index in [2.05, 4.69) is 263 Å². The molecule has 0 radical (unpaired) electrons. The largest absolute Gasteiger partial charge is 0.311 e. The van der Waals surface area contributed by atoms with E-state index in [1.54, 1.807) is 0 Å². The summed E-state index contributed by atoms with van der Waals surface area (Å²) in [6, 6.07) is 42.7. The van der Waals surface area contributed by atoms with Crippen LogP contribution in [0.15, 0.2) is 103 Å². The summed E-state index contributed by atoms with van der Waals surface area (Å²) in [7, 11) is 0. The third-order valence-electron chi connectivity index (χ3n) is 18.6. The van der Waals surface area contributed by atoms with Crippen molar-refractivity contribution in [3.05, 3.63) is 148 Å². The zero-order valence-electron chi connectivity index (χ0n) is 49.0. The molecule has 384 valence electrons. The highest BCUT2D eigenvalue weighted by Crippen LogP contribution is 2.55. The van der Waals surface area contributed by atoms with Gasteiger partial charge in [-0.1, -0.05) is 193 Å². The maximum absolute atomic E-state index is 2.75. The van der Waals surface area contributed by atoms with Crippen molar-refractivity contribution in [2.45, 2.75) is 207 Å². The van der Waals surface area contributed by atoms with Gasteiger partial charge in [-0.3, -0.25) is 0 Å². The van der Waals surface area contributed by atoms with Crippen LogP contribution in [0.25, 0.3) is 21.2 Å². The molecule has 2 aliphatic heterocycles. The lowest BCUT2D eigenvalue weighted by atomic mass is 9.35. The molecular formula is C70H85BN2S. The summed E-state index contributed by atoms with van der Waals surface area (Å²) >= 11 is 2.05. The molecule has 0 amide bonds. The van der Waals surface area contributed by atoms with E-state index in [1.807, 2.05) is 0 Å². The van der Waals surface area contributed by atoms with Crippen LogP contribution in [0.5, 0.6) is 0 Å². The number of rotatable bonds is 3. The Kier molecular flexibility index (Phi) is 11.2. The van der Waals surface area contributed by atoms with Crippen LogP contribution in [0.4, 0.5) is 34.1 Å². The number of hydrogen-bond donors (Lipinski definition) is 0. The van der Waals surface area contributed by atoms with Crippen LogP contribution < -0.4 is 25.5 Å². The molecule has 0 atom stereocenters. The first-order chi connectivity index (χ1) is 34.2. The fourth-order valence-corrected chi connectivity index (χ4v) is 14.6. The van der Waals surface area contributed by atoms with Gasteiger partial charge in [-0.2, -0.15) is 0 Å². The molecule has 2 nitrogen and oxygen atoms in total. The van der Waals surface area contributed by atoms with Crippen LogP contribution in [0.3, 0.4) is 0 Å². The van der Waals surface area contributed by atoms with Gasteiger partial charge in [-0.25, -0.2) is 0 Å². The van der Waals surface area contributed by atoms with Gasteiger partial charge in [0.15, 0.2) is 0 Å². The van der Waals surface area contributed by atoms with E-state index in [0.717, 1.165) is 6.42 Å². The van der Waals surface area contributed by atoms with Crippen molar-refractivity contribution in [3.63, 3.8) is 0 Å². The summed E-state index contributed by atoms with van der Waals surface area (Å²) in [5.74, 6) is 0. The number of benzene rings is 6. The van der Waals surface area contributed by atoms with Gasteiger partial charge in [0.2, 0.25) is 0 Å². The summed E-state index contributed by atoms with van der Waals surface area (Å²) < 4.78 is 2.83. The average molecular weight is 997 g/mol. The van der Waals surface area contributed by atoms with E-state index in [0.29, 0.717) is 0 Å². The van der Waals surface area contributed by atoms with Crippen LogP contribution in [0.2, 0.25) is 0 Å². The van der Waals surface area contributed by atoms with E-state index in [9.17, 15) is 0 Å². The molecule has 4 heteroatoms. The average Bonchev–Trinajstić information content (AvgIpc) is 3.69. The monoisotopic (exact) mass is 997 g/mol. The molecule has 7 aromatic rings. The first-order valence-electron chi connectivity index (χ1n) is 28.1. The predicted molar refractivity (Wildman–Crippen MR) is 327 cm³/mol. The molecule has 0 spiro atoms. The SMILES string of the molecule is CC(C)(C)c1ccc(-c2cc(C(C)(C)C)ccc2N2c3cc4c(cc3B3c5sc6cc(C(C)(C)C)ccc6c5N(c5ccc6c(c5)C(C)(C)CCC6(C)C)c5cc(C(C)(C)C)cc2c53)C(C)(C)CCC4(C)C)cc1. The van der Waals surface area contributed by atoms with E-state index in [1.165, 1.54) is 135 Å². The van der Waals surface area contributed by atoms with Crippen LogP contribution in [0.1, 0.15) is 209 Å². The molecular weight excluding hydrogens is 912 g/mol. The van der Waals surface area contributed by atoms with Crippen molar-refractivity contribution >= 4 is 78.0 Å². The van der Waals surface area contributed by atoms with Gasteiger partial charge in [-0.05, 0) is 179 Å². The van der Waals surface area contributed by atoms with Gasteiger partial charge in [0.05, 0.1) is 11.4 Å². The summed E-state index contributed by atoms with van der Waals surface area (Å²) in [6.07, 6.45) is 4.70. The zero-order chi connectivity index (χ0) is 53.4. The second-order valence-electron chi connectivity index (χ2n) is 30.1. The Labute approximate surface area is 451 Å². The van der Waals surface area contributed by atoms with Crippen LogP contribution >= 0.6 is 11.3 Å². The molecule has 0 saturated heterocycles. The van der Waals surface area contributed by atoms with Crippen LogP contribution in [-0.2, 0) is 43.3 Å². The highest BCUT2D eigenvalue weighted by atomic mass is 32.1. The van der Waals surface area contributed by atoms with Crippen molar-refractivity contribution in [3.8, 4) is 11.1 Å². The van der Waals surface area contributed by atoms with Gasteiger partial charge in [0, 0.05) is 43.2 Å². The molecule has 0 N–H and O–H groups in total. The van der Waals surface area contributed by atoms with E-state index in [-0.39, 0.29) is 50.0 Å². The topological polar surface area (TPSA) is 6.48 Å². The van der Waals surface area contributed by atoms with Crippen molar-refractivity contribution < 1.29 is 0 Å². The van der Waals surface area contributed by atoms with E-state index >= 15 is 0 Å². The molecule has 0 bridgehead atoms. The fraction of sp³-hybridized carbons (Fsp3) is 0.457. The van der Waals surface area contributed by atoms with Crippen LogP contribution in [-0.4, -0.2) is 6.71 Å². The summed E-state index contributed by atoms with van der Waals surface area (Å²) in [4.78, 5) is 5.50. The second kappa shape index (κ2) is 16.2. The Morgan fingerprint density at radius 1 is 0.419 bits per heavy atom. The Morgan fingerprint density at radius 3 is 1.47 bits per heavy atom. The maximum atomic E-state index is 2.75. The maximum Gasteiger partial charge on any atom is 0.264 e. The Balaban J connectivity index is 1.31. The number of nitrogens with zero attached hydrogens (tertiary/aromatic N) is 2. The molecule has 0 fully saturated rings. The molecule has 4 aliphatic rings. The first kappa shape index (κ1) is 51.1. The molecule has 74 heavy (non-hydrogen) atoms. The van der Waals surface area contributed by atoms with Gasteiger partial charge in [0.25, 0.3) is 6.71 Å². The molecule has 3 heterocycles. The highest BCUT2D eigenvalue weighted by molar-refractivity contribution is 7.33. The summed E-state index contributed by atoms with van der Waals surface area (Å²) in [5.41, 5.74) is 24.8. The van der Waals surface area contributed by atoms with E-state index < -0.39 is 0 Å². The van der Waals surface area contributed by atoms with Crippen molar-refractivity contribution in [1.82, 2.24) is 0 Å². The molecule has 6 aromatic carbocycles.